The lowest BCUT2D eigenvalue weighted by Gasteiger charge is -2.28. The van der Waals surface area contributed by atoms with Crippen LogP contribution in [0.4, 0.5) is 4.79 Å². The third-order valence-electron chi connectivity index (χ3n) is 5.36. The molecule has 0 aromatic heterocycles. The van der Waals surface area contributed by atoms with Gasteiger partial charge in [0.25, 0.3) is 0 Å². The van der Waals surface area contributed by atoms with Crippen LogP contribution in [-0.2, 0) is 9.53 Å². The summed E-state index contributed by atoms with van der Waals surface area (Å²) in [5.74, 6) is 0.971. The number of amides is 2. The normalized spacial score (nSPS) is 16.1. The number of hydrogen-bond acceptors (Lipinski definition) is 9. The number of methoxy groups -OCH3 is 1. The molecule has 2 amide bonds. The van der Waals surface area contributed by atoms with Gasteiger partial charge in [-0.2, -0.15) is 5.10 Å². The second-order valence-corrected chi connectivity index (χ2v) is 8.65. The van der Waals surface area contributed by atoms with E-state index in [1.807, 2.05) is 45.0 Å². The lowest BCUT2D eigenvalue weighted by atomic mass is 9.95. The smallest absolute Gasteiger partial charge is 0.337 e. The molecule has 11 nitrogen and oxygen atoms in total. The molecule has 1 aliphatic heterocycles. The molecular weight excluding hydrogens is 492 g/mol. The Balaban J connectivity index is 1.65. The van der Waals surface area contributed by atoms with Crippen LogP contribution in [0.3, 0.4) is 0 Å². The van der Waals surface area contributed by atoms with Crippen molar-refractivity contribution in [3.05, 3.63) is 64.9 Å². The van der Waals surface area contributed by atoms with Crippen LogP contribution in [0.5, 0.6) is 17.2 Å². The molecule has 3 rings (SSSR count). The van der Waals surface area contributed by atoms with E-state index in [1.165, 1.54) is 7.11 Å². The van der Waals surface area contributed by atoms with E-state index >= 15 is 0 Å². The molecule has 0 aliphatic carbocycles. The zero-order valence-corrected chi connectivity index (χ0v) is 22.1. The van der Waals surface area contributed by atoms with Gasteiger partial charge in [-0.05, 0) is 75.2 Å². The zero-order valence-electron chi connectivity index (χ0n) is 22.1. The van der Waals surface area contributed by atoms with Crippen molar-refractivity contribution >= 4 is 18.2 Å². The maximum absolute atomic E-state index is 12.4. The third kappa shape index (κ3) is 7.62. The third-order valence-corrected chi connectivity index (χ3v) is 5.36. The van der Waals surface area contributed by atoms with Gasteiger partial charge in [0.1, 0.15) is 12.4 Å². The number of esters is 1. The maximum atomic E-state index is 12.4. The number of rotatable bonds is 12. The van der Waals surface area contributed by atoms with E-state index in [9.17, 15) is 14.7 Å². The molecule has 1 aliphatic rings. The van der Waals surface area contributed by atoms with Crippen molar-refractivity contribution in [2.24, 2.45) is 5.10 Å². The number of nitrogens with zero attached hydrogens (tertiary/aromatic N) is 1. The largest absolute Gasteiger partial charge is 0.491 e. The van der Waals surface area contributed by atoms with Gasteiger partial charge in [-0.3, -0.25) is 5.43 Å². The van der Waals surface area contributed by atoms with E-state index in [2.05, 4.69) is 21.2 Å². The van der Waals surface area contributed by atoms with Crippen molar-refractivity contribution in [3.8, 4) is 17.2 Å². The first-order valence-corrected chi connectivity index (χ1v) is 12.2. The van der Waals surface area contributed by atoms with Crippen LogP contribution < -0.4 is 30.3 Å². The van der Waals surface area contributed by atoms with Crippen LogP contribution in [0.25, 0.3) is 0 Å². The van der Waals surface area contributed by atoms with Crippen molar-refractivity contribution in [3.63, 3.8) is 0 Å². The van der Waals surface area contributed by atoms with Crippen LogP contribution in [0.1, 0.15) is 44.9 Å². The van der Waals surface area contributed by atoms with E-state index in [4.69, 9.17) is 18.9 Å². The lowest BCUT2D eigenvalue weighted by molar-refractivity contribution is -0.136. The van der Waals surface area contributed by atoms with Crippen LogP contribution in [0.15, 0.2) is 58.8 Å². The highest BCUT2D eigenvalue weighted by Gasteiger charge is 2.32. The number of aliphatic hydroxyl groups excluding tert-OH is 1. The topological polar surface area (TPSA) is 140 Å². The van der Waals surface area contributed by atoms with Gasteiger partial charge in [0.15, 0.2) is 17.7 Å². The fourth-order valence-corrected chi connectivity index (χ4v) is 3.72. The molecule has 1 heterocycles. The molecule has 2 aromatic rings. The summed E-state index contributed by atoms with van der Waals surface area (Å²) in [7, 11) is 1.28. The second kappa shape index (κ2) is 13.3. The predicted molar refractivity (Wildman–Crippen MR) is 141 cm³/mol. The molecule has 0 saturated heterocycles. The minimum Gasteiger partial charge on any atom is -0.491 e. The summed E-state index contributed by atoms with van der Waals surface area (Å²) in [4.78, 5) is 24.5. The summed E-state index contributed by atoms with van der Waals surface area (Å²) in [6, 6.07) is 11.3. The number of allylic oxidation sites excluding steroid dienone is 1. The van der Waals surface area contributed by atoms with Gasteiger partial charge < -0.3 is 34.7 Å². The number of aliphatic hydroxyl groups is 1. The highest BCUT2D eigenvalue weighted by molar-refractivity contribution is 5.95. The predicted octanol–water partition coefficient (Wildman–Crippen LogP) is 2.99. The number of carbonyl (C=O) groups is 2. The Bertz CT molecular complexity index is 1180. The van der Waals surface area contributed by atoms with Gasteiger partial charge in [-0.15, -0.1) is 0 Å². The van der Waals surface area contributed by atoms with E-state index in [0.29, 0.717) is 29.4 Å². The van der Waals surface area contributed by atoms with Gasteiger partial charge >= 0.3 is 12.0 Å². The van der Waals surface area contributed by atoms with Crippen molar-refractivity contribution in [2.45, 2.75) is 46.1 Å². The average molecular weight is 527 g/mol. The van der Waals surface area contributed by atoms with Gasteiger partial charge in [-0.25, -0.2) is 9.59 Å². The quantitative estimate of drug-likeness (QED) is 0.143. The Labute approximate surface area is 221 Å². The molecule has 0 fully saturated rings. The second-order valence-electron chi connectivity index (χ2n) is 8.65. The number of carbonyl (C=O) groups excluding carboxylic acids is 2. The highest BCUT2D eigenvalue weighted by atomic mass is 16.5. The molecule has 0 radical (unpaired) electrons. The summed E-state index contributed by atoms with van der Waals surface area (Å²) in [5.41, 5.74) is 4.73. The lowest BCUT2D eigenvalue weighted by Crippen LogP contribution is -2.45. The molecule has 0 bridgehead atoms. The van der Waals surface area contributed by atoms with E-state index in [0.717, 1.165) is 11.3 Å². The number of hydrogen-bond donors (Lipinski definition) is 4. The summed E-state index contributed by atoms with van der Waals surface area (Å²) < 4.78 is 22.0. The standard InChI is InChI=1S/C27H34N4O7/c1-6-36-22-13-19(25-24(26(33)35-5)17(4)29-27(34)30-25)9-12-21(22)37-15-23(32)31-28-14-18-7-10-20(11-8-18)38-16(2)3/h7-14,16,23,25,31-32H,6,15H2,1-5H3,(H2,29,30,34)/b28-14-/t23-,25-/m1/s1. The van der Waals surface area contributed by atoms with Crippen LogP contribution in [-0.4, -0.2) is 56.0 Å². The number of hydrazone groups is 1. The van der Waals surface area contributed by atoms with E-state index in [1.54, 1.807) is 31.3 Å². The molecule has 2 aromatic carbocycles. The minimum atomic E-state index is -1.09. The SMILES string of the molecule is CCOc1cc([C@H]2NC(=O)NC(C)=C2C(=O)OC)ccc1OC[C@@H](O)N/N=C\c1ccc(OC(C)C)cc1. The Morgan fingerprint density at radius 3 is 2.55 bits per heavy atom. The Morgan fingerprint density at radius 1 is 1.16 bits per heavy atom. The molecule has 0 unspecified atom stereocenters. The van der Waals surface area contributed by atoms with Crippen LogP contribution >= 0.6 is 0 Å². The molecule has 38 heavy (non-hydrogen) atoms. The highest BCUT2D eigenvalue weighted by Crippen LogP contribution is 2.34. The number of benzene rings is 2. The fourth-order valence-electron chi connectivity index (χ4n) is 3.72. The Hall–Kier alpha value is -4.25. The van der Waals surface area contributed by atoms with E-state index in [-0.39, 0.29) is 18.3 Å². The molecular formula is C27H34N4O7. The van der Waals surface area contributed by atoms with Crippen molar-refractivity contribution in [1.29, 1.82) is 0 Å². The first kappa shape index (κ1) is 28.3. The molecule has 2 atom stereocenters. The van der Waals surface area contributed by atoms with Gasteiger partial charge in [0.05, 0.1) is 37.7 Å². The molecule has 11 heteroatoms. The first-order chi connectivity index (χ1) is 18.2. The fraction of sp³-hybridized carbons (Fsp3) is 0.370. The van der Waals surface area contributed by atoms with Gasteiger partial charge in [0.2, 0.25) is 0 Å². The van der Waals surface area contributed by atoms with Crippen LogP contribution in [0, 0.1) is 0 Å². The number of urea groups is 1. The summed E-state index contributed by atoms with van der Waals surface area (Å²) in [6.45, 7) is 7.60. The summed E-state index contributed by atoms with van der Waals surface area (Å²) in [6.07, 6.45) is 0.573. The van der Waals surface area contributed by atoms with Crippen LogP contribution in [0.2, 0.25) is 0 Å². The maximum Gasteiger partial charge on any atom is 0.337 e. The summed E-state index contributed by atoms with van der Waals surface area (Å²) >= 11 is 0. The van der Waals surface area contributed by atoms with E-state index < -0.39 is 24.3 Å². The van der Waals surface area contributed by atoms with Crippen molar-refractivity contribution < 1.29 is 33.6 Å². The molecule has 0 spiro atoms. The Kier molecular flexibility index (Phi) is 9.94. The monoisotopic (exact) mass is 526 g/mol. The molecule has 0 saturated carbocycles. The number of ether oxygens (including phenoxy) is 4. The summed E-state index contributed by atoms with van der Waals surface area (Å²) in [5, 5.41) is 19.6. The van der Waals surface area contributed by atoms with Crippen molar-refractivity contribution in [1.82, 2.24) is 16.1 Å². The van der Waals surface area contributed by atoms with Gasteiger partial charge in [-0.1, -0.05) is 6.07 Å². The average Bonchev–Trinajstić information content (AvgIpc) is 2.88. The van der Waals surface area contributed by atoms with Gasteiger partial charge in [0, 0.05) is 5.70 Å². The minimum absolute atomic E-state index is 0.0922. The number of nitrogens with one attached hydrogen (secondary N) is 3. The molecule has 204 valence electrons. The van der Waals surface area contributed by atoms with Crippen molar-refractivity contribution in [2.75, 3.05) is 20.3 Å². The molecule has 4 N–H and O–H groups in total. The first-order valence-electron chi connectivity index (χ1n) is 12.2. The Morgan fingerprint density at radius 2 is 1.89 bits per heavy atom. The zero-order chi connectivity index (χ0) is 27.7.